The number of hydrogen-bond acceptors (Lipinski definition) is 1. The topological polar surface area (TPSA) is 17.0 Å². The van der Waals surface area contributed by atoms with Crippen LogP contribution in [0.25, 0.3) is 10.9 Å². The zero-order chi connectivity index (χ0) is 12.4. The molecule has 2 aromatic rings. The van der Waals surface area contributed by atoms with Gasteiger partial charge in [0.2, 0.25) is 0 Å². The molecule has 1 N–H and O–H groups in total. The lowest BCUT2D eigenvalue weighted by Crippen LogP contribution is -2.15. The highest BCUT2D eigenvalue weighted by atomic mass is 15.0. The van der Waals surface area contributed by atoms with Gasteiger partial charge >= 0.3 is 0 Å². The highest BCUT2D eigenvalue weighted by Gasteiger charge is 2.20. The van der Waals surface area contributed by atoms with Gasteiger partial charge in [0.05, 0.1) is 0 Å². The number of rotatable bonds is 5. The van der Waals surface area contributed by atoms with Crippen LogP contribution in [0.3, 0.4) is 0 Å². The van der Waals surface area contributed by atoms with Crippen LogP contribution in [0.4, 0.5) is 0 Å². The Balaban J connectivity index is 1.85. The smallest absolute Gasteiger partial charge is 0.0483 e. The fourth-order valence-corrected chi connectivity index (χ4v) is 2.36. The summed E-state index contributed by atoms with van der Waals surface area (Å²) in [6.45, 7) is 1.88. The third-order valence-electron chi connectivity index (χ3n) is 3.56. The van der Waals surface area contributed by atoms with Crippen LogP contribution < -0.4 is 5.32 Å². The van der Waals surface area contributed by atoms with Crippen LogP contribution in [0.1, 0.15) is 24.8 Å². The first-order chi connectivity index (χ1) is 8.88. The number of fused-ring (bicyclic) bond motifs is 1. The summed E-state index contributed by atoms with van der Waals surface area (Å²) in [7, 11) is 0. The van der Waals surface area contributed by atoms with Crippen molar-refractivity contribution in [2.75, 3.05) is 0 Å². The number of benzene rings is 1. The second kappa shape index (κ2) is 4.88. The van der Waals surface area contributed by atoms with Gasteiger partial charge in [-0.05, 0) is 30.5 Å². The Morgan fingerprint density at radius 2 is 2.22 bits per heavy atom. The molecular weight excluding hydrogens is 220 g/mol. The van der Waals surface area contributed by atoms with Gasteiger partial charge in [-0.15, -0.1) is 12.3 Å². The first kappa shape index (κ1) is 11.4. The molecule has 1 fully saturated rings. The standard InChI is InChI=1S/C16H18N2/c1-2-3-10-18-11-9-15-13(5-4-6-16(15)18)12-17-14-7-8-14/h1,4-6,9,11,14,17H,3,7-8,10,12H2. The Morgan fingerprint density at radius 1 is 1.33 bits per heavy atom. The Morgan fingerprint density at radius 3 is 3.00 bits per heavy atom. The van der Waals surface area contributed by atoms with Gasteiger partial charge in [-0.1, -0.05) is 12.1 Å². The summed E-state index contributed by atoms with van der Waals surface area (Å²) in [6, 6.07) is 9.48. The summed E-state index contributed by atoms with van der Waals surface area (Å²) in [5.74, 6) is 2.70. The Labute approximate surface area is 108 Å². The minimum atomic E-state index is 0.754. The lowest BCUT2D eigenvalue weighted by atomic mass is 10.1. The van der Waals surface area contributed by atoms with Crippen molar-refractivity contribution < 1.29 is 0 Å². The van der Waals surface area contributed by atoms with Crippen LogP contribution in [0.5, 0.6) is 0 Å². The summed E-state index contributed by atoms with van der Waals surface area (Å²) < 4.78 is 2.25. The first-order valence-electron chi connectivity index (χ1n) is 6.62. The van der Waals surface area contributed by atoms with E-state index in [1.807, 2.05) is 0 Å². The zero-order valence-electron chi connectivity index (χ0n) is 10.5. The van der Waals surface area contributed by atoms with E-state index in [0.29, 0.717) is 0 Å². The van der Waals surface area contributed by atoms with Crippen molar-refractivity contribution >= 4 is 10.9 Å². The molecule has 1 heterocycles. The van der Waals surface area contributed by atoms with Crippen LogP contribution in [0.2, 0.25) is 0 Å². The number of terminal acetylenes is 1. The van der Waals surface area contributed by atoms with Gasteiger partial charge in [0.1, 0.15) is 0 Å². The zero-order valence-corrected chi connectivity index (χ0v) is 10.5. The quantitative estimate of drug-likeness (QED) is 0.793. The molecule has 0 atom stereocenters. The minimum Gasteiger partial charge on any atom is -0.347 e. The summed E-state index contributed by atoms with van der Waals surface area (Å²) in [4.78, 5) is 0. The molecule has 18 heavy (non-hydrogen) atoms. The maximum atomic E-state index is 5.33. The fourth-order valence-electron chi connectivity index (χ4n) is 2.36. The number of hydrogen-bond donors (Lipinski definition) is 1. The number of aromatic nitrogens is 1. The van der Waals surface area contributed by atoms with Crippen molar-refractivity contribution in [3.05, 3.63) is 36.0 Å². The molecule has 0 unspecified atom stereocenters. The maximum Gasteiger partial charge on any atom is 0.0483 e. The van der Waals surface area contributed by atoms with Crippen molar-refractivity contribution in [3.63, 3.8) is 0 Å². The molecule has 1 aromatic carbocycles. The molecule has 0 saturated heterocycles. The SMILES string of the molecule is C#CCCn1ccc2c(CNC3CC3)cccc21. The predicted molar refractivity (Wildman–Crippen MR) is 75.2 cm³/mol. The van der Waals surface area contributed by atoms with Crippen molar-refractivity contribution in [1.29, 1.82) is 0 Å². The van der Waals surface area contributed by atoms with E-state index >= 15 is 0 Å². The van der Waals surface area contributed by atoms with Gasteiger partial charge in [-0.25, -0.2) is 0 Å². The molecule has 0 bridgehead atoms. The lowest BCUT2D eigenvalue weighted by Gasteiger charge is -2.07. The van der Waals surface area contributed by atoms with E-state index in [-0.39, 0.29) is 0 Å². The van der Waals surface area contributed by atoms with E-state index in [4.69, 9.17) is 6.42 Å². The van der Waals surface area contributed by atoms with E-state index in [2.05, 4.69) is 46.3 Å². The van der Waals surface area contributed by atoms with Crippen LogP contribution in [-0.2, 0) is 13.1 Å². The third-order valence-corrected chi connectivity index (χ3v) is 3.56. The average Bonchev–Trinajstić information content (AvgIpc) is 3.13. The van der Waals surface area contributed by atoms with Crippen molar-refractivity contribution in [3.8, 4) is 12.3 Å². The molecular formula is C16H18N2. The Bertz CT molecular complexity index is 585. The van der Waals surface area contributed by atoms with Crippen LogP contribution in [0, 0.1) is 12.3 Å². The molecule has 2 heteroatoms. The van der Waals surface area contributed by atoms with Gasteiger partial charge in [-0.3, -0.25) is 0 Å². The summed E-state index contributed by atoms with van der Waals surface area (Å²) >= 11 is 0. The largest absolute Gasteiger partial charge is 0.347 e. The average molecular weight is 238 g/mol. The van der Waals surface area contributed by atoms with Crippen molar-refractivity contribution in [2.45, 2.75) is 38.4 Å². The van der Waals surface area contributed by atoms with Gasteiger partial charge in [-0.2, -0.15) is 0 Å². The number of nitrogens with one attached hydrogen (secondary N) is 1. The molecule has 1 saturated carbocycles. The number of nitrogens with zero attached hydrogens (tertiary/aromatic N) is 1. The van der Waals surface area contributed by atoms with E-state index in [1.54, 1.807) is 0 Å². The Hall–Kier alpha value is -1.72. The minimum absolute atomic E-state index is 0.754. The first-order valence-corrected chi connectivity index (χ1v) is 6.62. The van der Waals surface area contributed by atoms with E-state index in [9.17, 15) is 0 Å². The molecule has 0 amide bonds. The fraction of sp³-hybridized carbons (Fsp3) is 0.375. The summed E-state index contributed by atoms with van der Waals surface area (Å²) in [6.07, 6.45) is 10.9. The molecule has 1 aliphatic rings. The monoisotopic (exact) mass is 238 g/mol. The maximum absolute atomic E-state index is 5.33. The van der Waals surface area contributed by atoms with Gasteiger partial charge < -0.3 is 9.88 Å². The summed E-state index contributed by atoms with van der Waals surface area (Å²) in [5.41, 5.74) is 2.68. The second-order valence-corrected chi connectivity index (χ2v) is 4.97. The second-order valence-electron chi connectivity index (χ2n) is 4.97. The van der Waals surface area contributed by atoms with Gasteiger partial charge in [0.25, 0.3) is 0 Å². The number of aryl methyl sites for hydroxylation is 1. The molecule has 1 aliphatic carbocycles. The van der Waals surface area contributed by atoms with Gasteiger partial charge in [0, 0.05) is 42.7 Å². The Kier molecular flexibility index (Phi) is 3.08. The van der Waals surface area contributed by atoms with Crippen molar-refractivity contribution in [2.24, 2.45) is 0 Å². The van der Waals surface area contributed by atoms with E-state index in [0.717, 1.165) is 25.6 Å². The summed E-state index contributed by atoms with van der Waals surface area (Å²) in [5, 5.41) is 4.93. The molecule has 0 aliphatic heterocycles. The lowest BCUT2D eigenvalue weighted by molar-refractivity contribution is 0.691. The third kappa shape index (κ3) is 2.27. The normalized spacial score (nSPS) is 14.8. The van der Waals surface area contributed by atoms with Crippen LogP contribution in [0.15, 0.2) is 30.5 Å². The van der Waals surface area contributed by atoms with E-state index < -0.39 is 0 Å². The molecule has 92 valence electrons. The predicted octanol–water partition coefficient (Wildman–Crippen LogP) is 2.92. The molecule has 0 spiro atoms. The van der Waals surface area contributed by atoms with Crippen LogP contribution in [-0.4, -0.2) is 10.6 Å². The van der Waals surface area contributed by atoms with Crippen molar-refractivity contribution in [1.82, 2.24) is 9.88 Å². The van der Waals surface area contributed by atoms with Crippen LogP contribution >= 0.6 is 0 Å². The highest BCUT2D eigenvalue weighted by molar-refractivity contribution is 5.83. The molecule has 3 rings (SSSR count). The molecule has 1 aromatic heterocycles. The molecule has 0 radical (unpaired) electrons. The van der Waals surface area contributed by atoms with Gasteiger partial charge in [0.15, 0.2) is 0 Å². The van der Waals surface area contributed by atoms with E-state index in [1.165, 1.54) is 29.3 Å². The highest BCUT2D eigenvalue weighted by Crippen LogP contribution is 2.23. The molecule has 2 nitrogen and oxygen atoms in total.